The molecule has 0 aliphatic rings. The van der Waals surface area contributed by atoms with Crippen molar-refractivity contribution in [1.29, 1.82) is 0 Å². The molecule has 0 aromatic rings. The first-order chi connectivity index (χ1) is 10.4. The van der Waals surface area contributed by atoms with Crippen molar-refractivity contribution in [3.05, 3.63) is 12.7 Å². The maximum Gasteiger partial charge on any atom is 0.192 e. The van der Waals surface area contributed by atoms with Crippen molar-refractivity contribution in [2.24, 2.45) is 5.41 Å². The van der Waals surface area contributed by atoms with Gasteiger partial charge in [0.15, 0.2) is 16.6 Å². The molecular formula is C20H44O2Si2. The topological polar surface area (TPSA) is 18.5 Å². The van der Waals surface area contributed by atoms with Crippen LogP contribution in [0.3, 0.4) is 0 Å². The minimum absolute atomic E-state index is 0.0285. The molecule has 0 N–H and O–H groups in total. The van der Waals surface area contributed by atoms with E-state index >= 15 is 0 Å². The Kier molecular flexibility index (Phi) is 7.80. The van der Waals surface area contributed by atoms with Crippen LogP contribution < -0.4 is 0 Å². The Labute approximate surface area is 154 Å². The van der Waals surface area contributed by atoms with Gasteiger partial charge in [-0.2, -0.15) is 0 Å². The van der Waals surface area contributed by atoms with Gasteiger partial charge < -0.3 is 8.85 Å². The monoisotopic (exact) mass is 372 g/mol. The minimum Gasteiger partial charge on any atom is -0.416 e. The molecule has 0 amide bonds. The lowest BCUT2D eigenvalue weighted by Crippen LogP contribution is -2.50. The Morgan fingerprint density at radius 1 is 0.833 bits per heavy atom. The fourth-order valence-corrected chi connectivity index (χ4v) is 4.53. The molecule has 24 heavy (non-hydrogen) atoms. The molecule has 4 heteroatoms. The standard InChI is InChI=1S/C20H44O2Si2/c1-14-15-17(22-24(12,13)19(5,6)7)20(8,9)16-21-23(10,11)18(2,3)4/h14,17H,1,15-16H2,2-13H3. The molecule has 0 saturated carbocycles. The molecule has 0 saturated heterocycles. The van der Waals surface area contributed by atoms with E-state index in [4.69, 9.17) is 8.85 Å². The second-order valence-electron chi connectivity index (χ2n) is 10.9. The van der Waals surface area contributed by atoms with Gasteiger partial charge in [-0.3, -0.25) is 0 Å². The molecular weight excluding hydrogens is 328 g/mol. The lowest BCUT2D eigenvalue weighted by molar-refractivity contribution is 0.0220. The van der Waals surface area contributed by atoms with Crippen LogP contribution in [0.5, 0.6) is 0 Å². The normalized spacial score (nSPS) is 16.2. The van der Waals surface area contributed by atoms with Crippen LogP contribution in [0, 0.1) is 5.41 Å². The second-order valence-corrected chi connectivity index (χ2v) is 20.5. The number of rotatable bonds is 8. The lowest BCUT2D eigenvalue weighted by Gasteiger charge is -2.46. The van der Waals surface area contributed by atoms with Crippen LogP contribution in [0.2, 0.25) is 36.3 Å². The van der Waals surface area contributed by atoms with Crippen LogP contribution in [0.25, 0.3) is 0 Å². The molecule has 1 unspecified atom stereocenters. The summed E-state index contributed by atoms with van der Waals surface area (Å²) in [6.07, 6.45) is 3.02. The van der Waals surface area contributed by atoms with Crippen molar-refractivity contribution in [2.45, 2.75) is 104 Å². The van der Waals surface area contributed by atoms with Crippen LogP contribution >= 0.6 is 0 Å². The second kappa shape index (κ2) is 7.77. The molecule has 0 bridgehead atoms. The Morgan fingerprint density at radius 3 is 1.58 bits per heavy atom. The summed E-state index contributed by atoms with van der Waals surface area (Å²) in [6, 6.07) is 0. The van der Waals surface area contributed by atoms with Gasteiger partial charge in [0.1, 0.15) is 0 Å². The molecule has 1 atom stereocenters. The third-order valence-electron chi connectivity index (χ3n) is 6.11. The highest BCUT2D eigenvalue weighted by Gasteiger charge is 2.44. The van der Waals surface area contributed by atoms with Crippen molar-refractivity contribution in [3.8, 4) is 0 Å². The van der Waals surface area contributed by atoms with Gasteiger partial charge in [0.05, 0.1) is 6.10 Å². The summed E-state index contributed by atoms with van der Waals surface area (Å²) < 4.78 is 13.3. The first kappa shape index (κ1) is 24.1. The quantitative estimate of drug-likeness (QED) is 0.337. The first-order valence-corrected chi connectivity index (χ1v) is 15.1. The van der Waals surface area contributed by atoms with Gasteiger partial charge in [0, 0.05) is 12.0 Å². The molecule has 0 spiro atoms. The van der Waals surface area contributed by atoms with Gasteiger partial charge in [0.25, 0.3) is 0 Å². The molecule has 0 fully saturated rings. The number of hydrogen-bond acceptors (Lipinski definition) is 2. The summed E-state index contributed by atoms with van der Waals surface area (Å²) in [6.45, 7) is 32.3. The van der Waals surface area contributed by atoms with Gasteiger partial charge in [0.2, 0.25) is 0 Å². The average molecular weight is 373 g/mol. The largest absolute Gasteiger partial charge is 0.416 e. The van der Waals surface area contributed by atoms with Crippen molar-refractivity contribution in [2.75, 3.05) is 6.61 Å². The van der Waals surface area contributed by atoms with E-state index in [0.717, 1.165) is 13.0 Å². The van der Waals surface area contributed by atoms with Crippen LogP contribution in [0.1, 0.15) is 61.8 Å². The van der Waals surface area contributed by atoms with Gasteiger partial charge in [-0.05, 0) is 42.7 Å². The van der Waals surface area contributed by atoms with Crippen molar-refractivity contribution in [3.63, 3.8) is 0 Å². The average Bonchev–Trinajstić information content (AvgIpc) is 2.33. The fraction of sp³-hybridized carbons (Fsp3) is 0.900. The minimum atomic E-state index is -1.82. The summed E-state index contributed by atoms with van der Waals surface area (Å²) in [5.74, 6) is 0. The zero-order valence-corrected chi connectivity index (χ0v) is 20.6. The van der Waals surface area contributed by atoms with E-state index in [2.05, 4.69) is 88.2 Å². The third-order valence-corrected chi connectivity index (χ3v) is 15.1. The summed E-state index contributed by atoms with van der Waals surface area (Å²) >= 11 is 0. The zero-order chi connectivity index (χ0) is 19.6. The van der Waals surface area contributed by atoms with Crippen molar-refractivity contribution < 1.29 is 8.85 Å². The summed E-state index contributed by atoms with van der Waals surface area (Å²) in [5.41, 5.74) is -0.0285. The Bertz CT molecular complexity index is 412. The fourth-order valence-electron chi connectivity index (χ4n) is 1.89. The Balaban J connectivity index is 5.26. The van der Waals surface area contributed by atoms with E-state index in [0.29, 0.717) is 0 Å². The van der Waals surface area contributed by atoms with Gasteiger partial charge in [-0.15, -0.1) is 6.58 Å². The summed E-state index contributed by atoms with van der Waals surface area (Å²) in [7, 11) is -3.57. The highest BCUT2D eigenvalue weighted by Crippen LogP contribution is 2.42. The van der Waals surface area contributed by atoms with E-state index in [1.54, 1.807) is 0 Å². The van der Waals surface area contributed by atoms with E-state index in [-0.39, 0.29) is 21.6 Å². The van der Waals surface area contributed by atoms with E-state index in [1.807, 2.05) is 6.08 Å². The van der Waals surface area contributed by atoms with Crippen molar-refractivity contribution >= 4 is 16.6 Å². The summed E-state index contributed by atoms with van der Waals surface area (Å²) in [5, 5.41) is 0.445. The van der Waals surface area contributed by atoms with Crippen LogP contribution in [-0.2, 0) is 8.85 Å². The molecule has 0 aromatic heterocycles. The van der Waals surface area contributed by atoms with E-state index in [1.165, 1.54) is 0 Å². The van der Waals surface area contributed by atoms with E-state index in [9.17, 15) is 0 Å². The molecule has 0 aliphatic heterocycles. The molecule has 0 heterocycles. The maximum atomic E-state index is 6.76. The molecule has 0 rings (SSSR count). The molecule has 0 aliphatic carbocycles. The van der Waals surface area contributed by atoms with Crippen LogP contribution in [0.15, 0.2) is 12.7 Å². The first-order valence-electron chi connectivity index (χ1n) is 9.30. The highest BCUT2D eigenvalue weighted by molar-refractivity contribution is 6.74. The van der Waals surface area contributed by atoms with Gasteiger partial charge >= 0.3 is 0 Å². The maximum absolute atomic E-state index is 6.76. The predicted octanol–water partition coefficient (Wildman–Crippen LogP) is 7.00. The molecule has 2 nitrogen and oxygen atoms in total. The SMILES string of the molecule is C=CCC(O[Si](C)(C)C(C)(C)C)C(C)(C)CO[Si](C)(C)C(C)(C)C. The smallest absolute Gasteiger partial charge is 0.192 e. The lowest BCUT2D eigenvalue weighted by atomic mass is 9.86. The molecule has 0 aromatic carbocycles. The van der Waals surface area contributed by atoms with E-state index < -0.39 is 16.6 Å². The summed E-state index contributed by atoms with van der Waals surface area (Å²) in [4.78, 5) is 0. The van der Waals surface area contributed by atoms with Gasteiger partial charge in [-0.25, -0.2) is 0 Å². The molecule has 144 valence electrons. The third kappa shape index (κ3) is 6.43. The number of hydrogen-bond donors (Lipinski definition) is 0. The Hall–Kier alpha value is 0.0938. The van der Waals surface area contributed by atoms with Crippen LogP contribution in [0.4, 0.5) is 0 Å². The van der Waals surface area contributed by atoms with Gasteiger partial charge in [-0.1, -0.05) is 61.5 Å². The molecule has 0 radical (unpaired) electrons. The highest BCUT2D eigenvalue weighted by atomic mass is 28.4. The predicted molar refractivity (Wildman–Crippen MR) is 114 cm³/mol. The van der Waals surface area contributed by atoms with Crippen LogP contribution in [-0.4, -0.2) is 29.3 Å². The Morgan fingerprint density at radius 2 is 1.25 bits per heavy atom. The van der Waals surface area contributed by atoms with Crippen molar-refractivity contribution in [1.82, 2.24) is 0 Å². The zero-order valence-electron chi connectivity index (χ0n) is 18.6.